The number of rotatable bonds is 5. The van der Waals surface area contributed by atoms with Crippen LogP contribution in [-0.2, 0) is 14.3 Å². The van der Waals surface area contributed by atoms with E-state index in [2.05, 4.69) is 10.6 Å². The number of aryl methyl sites for hydroxylation is 1. The Morgan fingerprint density at radius 2 is 1.90 bits per heavy atom. The summed E-state index contributed by atoms with van der Waals surface area (Å²) >= 11 is 1.31. The molecule has 0 atom stereocenters. The van der Waals surface area contributed by atoms with Crippen LogP contribution in [0.1, 0.15) is 34.6 Å². The van der Waals surface area contributed by atoms with Gasteiger partial charge in [-0.15, -0.1) is 11.3 Å². The van der Waals surface area contributed by atoms with Gasteiger partial charge in [-0.25, -0.2) is 4.79 Å². The highest BCUT2D eigenvalue weighted by Crippen LogP contribution is 2.32. The van der Waals surface area contributed by atoms with Crippen molar-refractivity contribution in [2.45, 2.75) is 27.7 Å². The summed E-state index contributed by atoms with van der Waals surface area (Å²) in [6.07, 6.45) is 0. The van der Waals surface area contributed by atoms with Gasteiger partial charge in [0, 0.05) is 18.3 Å². The van der Waals surface area contributed by atoms with Gasteiger partial charge in [-0.05, 0) is 26.3 Å². The van der Waals surface area contributed by atoms with Crippen molar-refractivity contribution in [1.82, 2.24) is 5.32 Å². The topological polar surface area (TPSA) is 84.5 Å². The van der Waals surface area contributed by atoms with Crippen LogP contribution in [0.25, 0.3) is 0 Å². The minimum absolute atomic E-state index is 0.260. The van der Waals surface area contributed by atoms with Crippen molar-refractivity contribution in [3.05, 3.63) is 16.0 Å². The Balaban J connectivity index is 2.86. The predicted octanol–water partition coefficient (Wildman–Crippen LogP) is 1.62. The van der Waals surface area contributed by atoms with Crippen molar-refractivity contribution >= 4 is 34.1 Å². The first-order valence-corrected chi connectivity index (χ1v) is 6.99. The van der Waals surface area contributed by atoms with Gasteiger partial charge in [0.25, 0.3) is 5.91 Å². The number of likely N-dealkylation sites (N-methyl/N-ethyl adjacent to an activating group) is 1. The molecule has 6 nitrogen and oxygen atoms in total. The molecule has 0 unspecified atom stereocenters. The van der Waals surface area contributed by atoms with Crippen LogP contribution in [0.15, 0.2) is 0 Å². The number of thiophene rings is 1. The van der Waals surface area contributed by atoms with Crippen molar-refractivity contribution in [2.24, 2.45) is 0 Å². The molecule has 1 heterocycles. The second-order valence-electron chi connectivity index (χ2n) is 4.20. The van der Waals surface area contributed by atoms with E-state index in [9.17, 15) is 14.4 Å². The SMILES string of the molecule is CCNC(=O)COC(=O)c1c(NC(C)=O)sc(C)c1C. The molecule has 1 aromatic heterocycles. The fraction of sp³-hybridized carbons (Fsp3) is 0.462. The lowest BCUT2D eigenvalue weighted by atomic mass is 10.1. The zero-order valence-electron chi connectivity index (χ0n) is 12.0. The van der Waals surface area contributed by atoms with Crippen LogP contribution in [0.5, 0.6) is 0 Å². The number of hydrogen-bond acceptors (Lipinski definition) is 5. The second kappa shape index (κ2) is 7.04. The Morgan fingerprint density at radius 3 is 2.45 bits per heavy atom. The molecule has 7 heteroatoms. The van der Waals surface area contributed by atoms with Crippen LogP contribution in [0.2, 0.25) is 0 Å². The van der Waals surface area contributed by atoms with Crippen LogP contribution in [0, 0.1) is 13.8 Å². The molecule has 0 aliphatic carbocycles. The standard InChI is InChI=1S/C13H18N2O4S/c1-5-14-10(17)6-19-13(18)11-7(2)8(3)20-12(11)15-9(4)16/h5-6H2,1-4H3,(H,14,17)(H,15,16). The molecule has 20 heavy (non-hydrogen) atoms. The number of anilines is 1. The van der Waals surface area contributed by atoms with Crippen LogP contribution in [0.4, 0.5) is 5.00 Å². The number of nitrogens with one attached hydrogen (secondary N) is 2. The highest BCUT2D eigenvalue weighted by atomic mass is 32.1. The van der Waals surface area contributed by atoms with Gasteiger partial charge >= 0.3 is 5.97 Å². The maximum Gasteiger partial charge on any atom is 0.341 e. The molecule has 2 amide bonds. The zero-order chi connectivity index (χ0) is 15.3. The normalized spacial score (nSPS) is 10.0. The first kappa shape index (κ1) is 16.2. The summed E-state index contributed by atoms with van der Waals surface area (Å²) in [5.41, 5.74) is 1.06. The van der Waals surface area contributed by atoms with Gasteiger partial charge in [0.15, 0.2) is 6.61 Å². The van der Waals surface area contributed by atoms with Crippen molar-refractivity contribution in [3.8, 4) is 0 Å². The van der Waals surface area contributed by atoms with Gasteiger partial charge in [0.1, 0.15) is 5.00 Å². The van der Waals surface area contributed by atoms with Gasteiger partial charge in [0.2, 0.25) is 5.91 Å². The second-order valence-corrected chi connectivity index (χ2v) is 5.42. The van der Waals surface area contributed by atoms with Crippen molar-refractivity contribution in [2.75, 3.05) is 18.5 Å². The summed E-state index contributed by atoms with van der Waals surface area (Å²) in [5, 5.41) is 5.59. The predicted molar refractivity (Wildman–Crippen MR) is 77.1 cm³/mol. The van der Waals surface area contributed by atoms with E-state index in [0.717, 1.165) is 10.4 Å². The molecule has 0 bridgehead atoms. The molecular formula is C13H18N2O4S. The Hall–Kier alpha value is -1.89. The Kier molecular flexibility index (Phi) is 5.69. The molecule has 0 aliphatic heterocycles. The monoisotopic (exact) mass is 298 g/mol. The summed E-state index contributed by atoms with van der Waals surface area (Å²) < 4.78 is 4.96. The molecule has 1 rings (SSSR count). The average Bonchev–Trinajstić information content (AvgIpc) is 2.61. The minimum Gasteiger partial charge on any atom is -0.452 e. The summed E-state index contributed by atoms with van der Waals surface area (Å²) in [5.74, 6) is -1.22. The molecule has 0 fully saturated rings. The maximum absolute atomic E-state index is 12.0. The summed E-state index contributed by atoms with van der Waals surface area (Å²) in [4.78, 5) is 35.4. The number of esters is 1. The molecule has 0 spiro atoms. The first-order valence-electron chi connectivity index (χ1n) is 6.18. The summed E-state index contributed by atoms with van der Waals surface area (Å²) in [6, 6.07) is 0. The number of hydrogen-bond donors (Lipinski definition) is 2. The van der Waals surface area contributed by atoms with E-state index in [0.29, 0.717) is 17.1 Å². The molecule has 0 aliphatic rings. The molecular weight excluding hydrogens is 280 g/mol. The van der Waals surface area contributed by atoms with E-state index in [4.69, 9.17) is 4.74 Å². The van der Waals surface area contributed by atoms with Gasteiger partial charge in [0.05, 0.1) is 5.56 Å². The van der Waals surface area contributed by atoms with E-state index in [1.54, 1.807) is 13.8 Å². The molecule has 0 saturated carbocycles. The van der Waals surface area contributed by atoms with E-state index >= 15 is 0 Å². The van der Waals surface area contributed by atoms with Crippen LogP contribution >= 0.6 is 11.3 Å². The van der Waals surface area contributed by atoms with Crippen LogP contribution in [-0.4, -0.2) is 30.9 Å². The highest BCUT2D eigenvalue weighted by Gasteiger charge is 2.22. The van der Waals surface area contributed by atoms with Gasteiger partial charge in [-0.2, -0.15) is 0 Å². The van der Waals surface area contributed by atoms with Crippen LogP contribution in [0.3, 0.4) is 0 Å². The van der Waals surface area contributed by atoms with E-state index in [1.165, 1.54) is 18.3 Å². The van der Waals surface area contributed by atoms with Gasteiger partial charge in [-0.1, -0.05) is 0 Å². The lowest BCUT2D eigenvalue weighted by Crippen LogP contribution is -2.28. The summed E-state index contributed by atoms with van der Waals surface area (Å²) in [6.45, 7) is 6.92. The molecule has 1 aromatic rings. The zero-order valence-corrected chi connectivity index (χ0v) is 12.8. The minimum atomic E-state index is -0.609. The molecule has 0 aromatic carbocycles. The number of carbonyl (C=O) groups excluding carboxylic acids is 3. The largest absolute Gasteiger partial charge is 0.452 e. The number of amides is 2. The van der Waals surface area contributed by atoms with E-state index in [-0.39, 0.29) is 18.4 Å². The maximum atomic E-state index is 12.0. The van der Waals surface area contributed by atoms with Gasteiger partial charge < -0.3 is 15.4 Å². The Morgan fingerprint density at radius 1 is 1.25 bits per heavy atom. The third-order valence-electron chi connectivity index (χ3n) is 2.59. The van der Waals surface area contributed by atoms with E-state index < -0.39 is 5.97 Å². The molecule has 110 valence electrons. The number of ether oxygens (including phenoxy) is 1. The quantitative estimate of drug-likeness (QED) is 0.809. The average molecular weight is 298 g/mol. The fourth-order valence-corrected chi connectivity index (χ4v) is 2.67. The third-order valence-corrected chi connectivity index (χ3v) is 3.71. The lowest BCUT2D eigenvalue weighted by Gasteiger charge is -2.07. The molecule has 0 saturated heterocycles. The molecule has 0 radical (unpaired) electrons. The van der Waals surface area contributed by atoms with E-state index in [1.807, 2.05) is 6.92 Å². The lowest BCUT2D eigenvalue weighted by molar-refractivity contribution is -0.124. The third kappa shape index (κ3) is 4.06. The van der Waals surface area contributed by atoms with Crippen molar-refractivity contribution < 1.29 is 19.1 Å². The first-order chi connectivity index (χ1) is 9.36. The van der Waals surface area contributed by atoms with Crippen molar-refractivity contribution in [1.29, 1.82) is 0 Å². The van der Waals surface area contributed by atoms with Crippen LogP contribution < -0.4 is 10.6 Å². The Labute approximate surface area is 121 Å². The molecule has 2 N–H and O–H groups in total. The Bertz CT molecular complexity index is 537. The smallest absolute Gasteiger partial charge is 0.341 e. The summed E-state index contributed by atoms with van der Waals surface area (Å²) in [7, 11) is 0. The van der Waals surface area contributed by atoms with Gasteiger partial charge in [-0.3, -0.25) is 9.59 Å². The fourth-order valence-electron chi connectivity index (χ4n) is 1.57. The van der Waals surface area contributed by atoms with Crippen molar-refractivity contribution in [3.63, 3.8) is 0 Å². The highest BCUT2D eigenvalue weighted by molar-refractivity contribution is 7.16. The number of carbonyl (C=O) groups is 3.